The minimum Gasteiger partial charge on any atom is -0.496 e. The number of nitrogens with zero attached hydrogens (tertiary/aromatic N) is 4. The number of anilines is 1. The van der Waals surface area contributed by atoms with Crippen molar-refractivity contribution in [2.45, 2.75) is 19.6 Å². The predicted molar refractivity (Wildman–Crippen MR) is 96.7 cm³/mol. The third kappa shape index (κ3) is 3.98. The number of methoxy groups -OCH3 is 1. The second-order valence-electron chi connectivity index (χ2n) is 5.82. The van der Waals surface area contributed by atoms with Crippen LogP contribution in [0.2, 0.25) is 0 Å². The number of ether oxygens (including phenoxy) is 2. The molecule has 3 aromatic rings. The van der Waals surface area contributed by atoms with Gasteiger partial charge in [-0.3, -0.25) is 0 Å². The van der Waals surface area contributed by atoms with Crippen LogP contribution < -0.4 is 15.2 Å². The number of pyridine rings is 1. The van der Waals surface area contributed by atoms with Gasteiger partial charge in [-0.05, 0) is 31.2 Å². The van der Waals surface area contributed by atoms with Crippen molar-refractivity contribution in [3.05, 3.63) is 48.0 Å². The summed E-state index contributed by atoms with van der Waals surface area (Å²) in [6.07, 6.45) is 2.60. The zero-order valence-corrected chi connectivity index (χ0v) is 15.0. The van der Waals surface area contributed by atoms with Gasteiger partial charge in [-0.1, -0.05) is 5.21 Å². The lowest BCUT2D eigenvalue weighted by molar-refractivity contribution is 0.221. The Hall–Kier alpha value is -3.20. The molecule has 0 saturated heterocycles. The van der Waals surface area contributed by atoms with Gasteiger partial charge in [-0.15, -0.1) is 5.10 Å². The molecule has 3 rings (SSSR count). The van der Waals surface area contributed by atoms with E-state index in [2.05, 4.69) is 15.3 Å². The molecular weight excluding hydrogens is 353 g/mol. The van der Waals surface area contributed by atoms with Crippen LogP contribution in [0.15, 0.2) is 36.7 Å². The molecule has 142 valence electrons. The summed E-state index contributed by atoms with van der Waals surface area (Å²) in [4.78, 5) is 4.16. The van der Waals surface area contributed by atoms with Gasteiger partial charge in [0.2, 0.25) is 0 Å². The van der Waals surface area contributed by atoms with Crippen LogP contribution in [0.3, 0.4) is 0 Å². The third-order valence-electron chi connectivity index (χ3n) is 4.04. The average molecular weight is 373 g/mol. The number of hydrogen-bond acceptors (Lipinski definition) is 7. The molecule has 0 radical (unpaired) electrons. The molecule has 1 unspecified atom stereocenters. The van der Waals surface area contributed by atoms with Crippen molar-refractivity contribution < 1.29 is 19.0 Å². The molecule has 8 nitrogen and oxygen atoms in total. The van der Waals surface area contributed by atoms with E-state index in [0.717, 1.165) is 0 Å². The Bertz CT molecular complexity index is 931. The molecule has 0 saturated carbocycles. The molecule has 1 atom stereocenters. The molecule has 0 aliphatic heterocycles. The lowest BCUT2D eigenvalue weighted by atomic mass is 10.1. The fourth-order valence-corrected chi connectivity index (χ4v) is 2.71. The molecule has 9 heteroatoms. The molecule has 0 aliphatic carbocycles. The van der Waals surface area contributed by atoms with Gasteiger partial charge in [0.25, 0.3) is 0 Å². The van der Waals surface area contributed by atoms with Crippen LogP contribution in [0.5, 0.6) is 11.5 Å². The Morgan fingerprint density at radius 2 is 2.07 bits per heavy atom. The number of halogens is 1. The minimum absolute atomic E-state index is 0.0709. The fraction of sp³-hybridized carbons (Fsp3) is 0.278. The largest absolute Gasteiger partial charge is 0.496 e. The molecule has 2 aromatic heterocycles. The first-order chi connectivity index (χ1) is 13.0. The molecular formula is C18H20FN5O3. The zero-order valence-electron chi connectivity index (χ0n) is 15.0. The average Bonchev–Trinajstić information content (AvgIpc) is 3.12. The first-order valence-corrected chi connectivity index (χ1v) is 8.28. The highest BCUT2D eigenvalue weighted by molar-refractivity contribution is 5.63. The van der Waals surface area contributed by atoms with Crippen molar-refractivity contribution in [1.29, 1.82) is 0 Å². The normalized spacial score (nSPS) is 12.0. The molecule has 0 fully saturated rings. The highest BCUT2D eigenvalue weighted by atomic mass is 19.1. The van der Waals surface area contributed by atoms with E-state index >= 15 is 0 Å². The maximum Gasteiger partial charge on any atom is 0.166 e. The van der Waals surface area contributed by atoms with E-state index in [0.29, 0.717) is 34.9 Å². The van der Waals surface area contributed by atoms with Crippen LogP contribution in [-0.4, -0.2) is 38.8 Å². The Morgan fingerprint density at radius 1 is 1.26 bits per heavy atom. The summed E-state index contributed by atoms with van der Waals surface area (Å²) in [6, 6.07) is 5.93. The van der Waals surface area contributed by atoms with Crippen molar-refractivity contribution in [3.8, 4) is 22.8 Å². The van der Waals surface area contributed by atoms with Gasteiger partial charge < -0.3 is 20.3 Å². The van der Waals surface area contributed by atoms with Crippen molar-refractivity contribution in [2.24, 2.45) is 0 Å². The van der Waals surface area contributed by atoms with Gasteiger partial charge in [0.15, 0.2) is 11.6 Å². The molecule has 27 heavy (non-hydrogen) atoms. The summed E-state index contributed by atoms with van der Waals surface area (Å²) in [5, 5.41) is 16.9. The van der Waals surface area contributed by atoms with Crippen LogP contribution in [0.1, 0.15) is 18.6 Å². The first kappa shape index (κ1) is 18.6. The van der Waals surface area contributed by atoms with Crippen LogP contribution in [-0.2, 0) is 6.54 Å². The van der Waals surface area contributed by atoms with Crippen LogP contribution in [0.4, 0.5) is 10.2 Å². The predicted octanol–water partition coefficient (Wildman–Crippen LogP) is 2.20. The highest BCUT2D eigenvalue weighted by Crippen LogP contribution is 2.33. The second-order valence-corrected chi connectivity index (χ2v) is 5.82. The van der Waals surface area contributed by atoms with Gasteiger partial charge in [-0.25, -0.2) is 14.1 Å². The summed E-state index contributed by atoms with van der Waals surface area (Å²) in [7, 11) is 1.51. The number of benzene rings is 1. The minimum atomic E-state index is -0.532. The number of aliphatic hydroxyl groups excluding tert-OH is 1. The number of hydrogen-bond donors (Lipinski definition) is 2. The standard InChI is InChI=1S/C18H20FN5O3/c1-11(14-8-13(19)3-4-16(14)26-2)27-17-7-12(9-21-18(17)20)15-10-22-23-24(15)5-6-25/h3-4,7-11,25H,5-6H2,1-2H3,(H2,20,21). The van der Waals surface area contributed by atoms with Crippen LogP contribution in [0.25, 0.3) is 11.3 Å². The van der Waals surface area contributed by atoms with E-state index in [-0.39, 0.29) is 18.2 Å². The molecule has 1 aromatic carbocycles. The van der Waals surface area contributed by atoms with E-state index in [4.69, 9.17) is 20.3 Å². The van der Waals surface area contributed by atoms with E-state index in [1.807, 2.05) is 0 Å². The lowest BCUT2D eigenvalue weighted by Crippen LogP contribution is -2.09. The number of nitrogen functional groups attached to an aromatic ring is 1. The lowest BCUT2D eigenvalue weighted by Gasteiger charge is -2.19. The van der Waals surface area contributed by atoms with Crippen molar-refractivity contribution in [3.63, 3.8) is 0 Å². The number of nitrogens with two attached hydrogens (primary N) is 1. The van der Waals surface area contributed by atoms with Crippen LogP contribution >= 0.6 is 0 Å². The van der Waals surface area contributed by atoms with Crippen molar-refractivity contribution >= 4 is 5.82 Å². The number of rotatable bonds is 7. The molecule has 2 heterocycles. The monoisotopic (exact) mass is 373 g/mol. The van der Waals surface area contributed by atoms with E-state index in [1.54, 1.807) is 36.1 Å². The third-order valence-corrected chi connectivity index (χ3v) is 4.04. The Kier molecular flexibility index (Phi) is 5.51. The summed E-state index contributed by atoms with van der Waals surface area (Å²) < 4.78 is 26.4. The molecule has 0 amide bonds. The zero-order chi connectivity index (χ0) is 19.4. The number of aromatic nitrogens is 4. The number of aliphatic hydroxyl groups is 1. The SMILES string of the molecule is COc1ccc(F)cc1C(C)Oc1cc(-c2cnnn2CCO)cnc1N. The molecule has 0 bridgehead atoms. The first-order valence-electron chi connectivity index (χ1n) is 8.28. The highest BCUT2D eigenvalue weighted by Gasteiger charge is 2.17. The molecule has 3 N–H and O–H groups in total. The van der Waals surface area contributed by atoms with E-state index < -0.39 is 6.10 Å². The van der Waals surface area contributed by atoms with Gasteiger partial charge in [-0.2, -0.15) is 0 Å². The van der Waals surface area contributed by atoms with E-state index in [9.17, 15) is 4.39 Å². The summed E-state index contributed by atoms with van der Waals surface area (Å²) >= 11 is 0. The Morgan fingerprint density at radius 3 is 2.81 bits per heavy atom. The molecule has 0 spiro atoms. The van der Waals surface area contributed by atoms with Gasteiger partial charge in [0.1, 0.15) is 17.7 Å². The van der Waals surface area contributed by atoms with Crippen molar-refractivity contribution in [2.75, 3.05) is 19.5 Å². The summed E-state index contributed by atoms with van der Waals surface area (Å²) in [6.45, 7) is 1.99. The summed E-state index contributed by atoms with van der Waals surface area (Å²) in [5.41, 5.74) is 7.84. The maximum absolute atomic E-state index is 13.6. The topological polar surface area (TPSA) is 108 Å². The summed E-state index contributed by atoms with van der Waals surface area (Å²) in [5.74, 6) is 0.655. The van der Waals surface area contributed by atoms with Gasteiger partial charge >= 0.3 is 0 Å². The van der Waals surface area contributed by atoms with E-state index in [1.165, 1.54) is 19.2 Å². The quantitative estimate of drug-likeness (QED) is 0.653. The maximum atomic E-state index is 13.6. The fourth-order valence-electron chi connectivity index (χ4n) is 2.71. The Labute approximate surface area is 155 Å². The smallest absolute Gasteiger partial charge is 0.166 e. The van der Waals surface area contributed by atoms with Gasteiger partial charge in [0, 0.05) is 17.3 Å². The van der Waals surface area contributed by atoms with Crippen LogP contribution in [0, 0.1) is 5.82 Å². The second kappa shape index (κ2) is 8.00. The van der Waals surface area contributed by atoms with Crippen molar-refractivity contribution in [1.82, 2.24) is 20.0 Å². The Balaban J connectivity index is 1.91. The molecule has 0 aliphatic rings. The van der Waals surface area contributed by atoms with Gasteiger partial charge in [0.05, 0.1) is 32.2 Å².